The number of aliphatic hydroxyl groups excluding tert-OH is 2. The van der Waals surface area contributed by atoms with Crippen LogP contribution in [0.5, 0.6) is 11.5 Å². The first-order chi connectivity index (χ1) is 14.8. The topological polar surface area (TPSA) is 58.9 Å². The van der Waals surface area contributed by atoms with Crippen LogP contribution in [0.3, 0.4) is 0 Å². The SMILES string of the molecule is OCCCCCCCCOc1ccc2cc(OCCCCCCCCO)ccc2c1. The predicted octanol–water partition coefficient (Wildman–Crippen LogP) is 6.26. The van der Waals surface area contributed by atoms with Crippen LogP contribution in [0.4, 0.5) is 0 Å². The second-order valence-corrected chi connectivity index (χ2v) is 8.06. The third-order valence-electron chi connectivity index (χ3n) is 5.43. The number of benzene rings is 2. The minimum atomic E-state index is 0.311. The summed E-state index contributed by atoms with van der Waals surface area (Å²) in [7, 11) is 0. The molecule has 0 radical (unpaired) electrons. The lowest BCUT2D eigenvalue weighted by atomic mass is 10.1. The Bertz CT molecular complexity index is 627. The fourth-order valence-corrected chi connectivity index (χ4v) is 3.60. The molecule has 2 rings (SSSR count). The summed E-state index contributed by atoms with van der Waals surface area (Å²) in [5.74, 6) is 1.86. The van der Waals surface area contributed by atoms with Crippen molar-refractivity contribution in [2.75, 3.05) is 26.4 Å². The largest absolute Gasteiger partial charge is 0.494 e. The maximum Gasteiger partial charge on any atom is 0.119 e. The highest BCUT2D eigenvalue weighted by Crippen LogP contribution is 2.25. The van der Waals surface area contributed by atoms with Crippen LogP contribution in [0.15, 0.2) is 36.4 Å². The van der Waals surface area contributed by atoms with Gasteiger partial charge in [0.05, 0.1) is 13.2 Å². The summed E-state index contributed by atoms with van der Waals surface area (Å²) in [6, 6.07) is 12.5. The Morgan fingerprint density at radius 2 is 0.833 bits per heavy atom. The Morgan fingerprint density at radius 1 is 0.467 bits per heavy atom. The maximum atomic E-state index is 8.78. The number of hydrogen-bond donors (Lipinski definition) is 2. The molecule has 0 aliphatic carbocycles. The van der Waals surface area contributed by atoms with Gasteiger partial charge in [-0.05, 0) is 60.7 Å². The van der Waals surface area contributed by atoms with E-state index in [1.807, 2.05) is 12.1 Å². The molecule has 0 heterocycles. The normalized spacial score (nSPS) is 11.1. The van der Waals surface area contributed by atoms with Gasteiger partial charge in [-0.1, -0.05) is 63.5 Å². The zero-order chi connectivity index (χ0) is 21.3. The monoisotopic (exact) mass is 416 g/mol. The van der Waals surface area contributed by atoms with Crippen molar-refractivity contribution < 1.29 is 19.7 Å². The van der Waals surface area contributed by atoms with Gasteiger partial charge < -0.3 is 19.7 Å². The number of fused-ring (bicyclic) bond motifs is 1. The zero-order valence-corrected chi connectivity index (χ0v) is 18.5. The Morgan fingerprint density at radius 3 is 1.23 bits per heavy atom. The van der Waals surface area contributed by atoms with E-state index in [0.29, 0.717) is 13.2 Å². The smallest absolute Gasteiger partial charge is 0.119 e. The summed E-state index contributed by atoms with van der Waals surface area (Å²) in [6.07, 6.45) is 13.4. The molecule has 168 valence electrons. The van der Waals surface area contributed by atoms with Crippen molar-refractivity contribution in [2.45, 2.75) is 77.0 Å². The number of hydrogen-bond acceptors (Lipinski definition) is 4. The zero-order valence-electron chi connectivity index (χ0n) is 18.5. The Balaban J connectivity index is 1.64. The van der Waals surface area contributed by atoms with Crippen LogP contribution >= 0.6 is 0 Å². The van der Waals surface area contributed by atoms with Gasteiger partial charge in [-0.15, -0.1) is 0 Å². The predicted molar refractivity (Wildman–Crippen MR) is 125 cm³/mol. The first kappa shape index (κ1) is 24.5. The summed E-state index contributed by atoms with van der Waals surface area (Å²) in [5, 5.41) is 19.9. The van der Waals surface area contributed by atoms with Crippen molar-refractivity contribution >= 4 is 10.8 Å². The first-order valence-electron chi connectivity index (χ1n) is 11.8. The van der Waals surface area contributed by atoms with Gasteiger partial charge in [0.25, 0.3) is 0 Å². The van der Waals surface area contributed by atoms with Crippen molar-refractivity contribution in [3.8, 4) is 11.5 Å². The molecular formula is C26H40O4. The molecule has 0 aliphatic heterocycles. The maximum absolute atomic E-state index is 8.78. The van der Waals surface area contributed by atoms with E-state index in [4.69, 9.17) is 19.7 Å². The van der Waals surface area contributed by atoms with Crippen molar-refractivity contribution in [3.05, 3.63) is 36.4 Å². The average molecular weight is 417 g/mol. The van der Waals surface area contributed by atoms with Gasteiger partial charge >= 0.3 is 0 Å². The highest BCUT2D eigenvalue weighted by atomic mass is 16.5. The van der Waals surface area contributed by atoms with Crippen molar-refractivity contribution in [1.82, 2.24) is 0 Å². The van der Waals surface area contributed by atoms with Crippen molar-refractivity contribution in [2.24, 2.45) is 0 Å². The number of rotatable bonds is 18. The van der Waals surface area contributed by atoms with Crippen LogP contribution in [0.1, 0.15) is 77.0 Å². The van der Waals surface area contributed by atoms with E-state index >= 15 is 0 Å². The summed E-state index contributed by atoms with van der Waals surface area (Å²) in [4.78, 5) is 0. The summed E-state index contributed by atoms with van der Waals surface area (Å²) in [5.41, 5.74) is 0. The first-order valence-corrected chi connectivity index (χ1v) is 11.8. The highest BCUT2D eigenvalue weighted by Gasteiger charge is 2.01. The van der Waals surface area contributed by atoms with E-state index in [-0.39, 0.29) is 0 Å². The molecule has 0 unspecified atom stereocenters. The Kier molecular flexibility index (Phi) is 13.0. The molecule has 0 aliphatic rings. The Hall–Kier alpha value is -1.78. The fraction of sp³-hybridized carbons (Fsp3) is 0.615. The van der Waals surface area contributed by atoms with Gasteiger partial charge in [0.15, 0.2) is 0 Å². The molecule has 0 fully saturated rings. The molecule has 4 nitrogen and oxygen atoms in total. The van der Waals surface area contributed by atoms with Crippen LogP contribution in [0.2, 0.25) is 0 Å². The third-order valence-corrected chi connectivity index (χ3v) is 5.43. The average Bonchev–Trinajstić information content (AvgIpc) is 2.77. The van der Waals surface area contributed by atoms with E-state index in [9.17, 15) is 0 Å². The third kappa shape index (κ3) is 10.3. The summed E-state index contributed by atoms with van der Waals surface area (Å²) >= 11 is 0. The van der Waals surface area contributed by atoms with E-state index in [2.05, 4.69) is 24.3 Å². The molecule has 0 aromatic heterocycles. The van der Waals surface area contributed by atoms with E-state index in [1.165, 1.54) is 49.3 Å². The van der Waals surface area contributed by atoms with Gasteiger partial charge in [0, 0.05) is 13.2 Å². The molecule has 30 heavy (non-hydrogen) atoms. The van der Waals surface area contributed by atoms with Crippen molar-refractivity contribution in [1.29, 1.82) is 0 Å². The molecule has 2 aromatic carbocycles. The summed E-state index contributed by atoms with van der Waals surface area (Å²) < 4.78 is 11.8. The van der Waals surface area contributed by atoms with Crippen LogP contribution in [-0.4, -0.2) is 36.6 Å². The lowest BCUT2D eigenvalue weighted by Gasteiger charge is -2.10. The van der Waals surface area contributed by atoms with Gasteiger partial charge in [0.1, 0.15) is 11.5 Å². The molecule has 0 saturated heterocycles. The van der Waals surface area contributed by atoms with Crippen LogP contribution in [0, 0.1) is 0 Å². The highest BCUT2D eigenvalue weighted by molar-refractivity contribution is 5.85. The van der Waals surface area contributed by atoms with Gasteiger partial charge in [-0.2, -0.15) is 0 Å². The molecule has 2 N–H and O–H groups in total. The lowest BCUT2D eigenvalue weighted by molar-refractivity contribution is 0.280. The minimum Gasteiger partial charge on any atom is -0.494 e. The number of aliphatic hydroxyl groups is 2. The van der Waals surface area contributed by atoms with Crippen LogP contribution in [0.25, 0.3) is 10.8 Å². The van der Waals surface area contributed by atoms with Crippen LogP contribution in [-0.2, 0) is 0 Å². The minimum absolute atomic E-state index is 0.311. The van der Waals surface area contributed by atoms with E-state index in [1.54, 1.807) is 0 Å². The molecule has 0 spiro atoms. The molecular weight excluding hydrogens is 376 g/mol. The molecule has 0 atom stereocenters. The quantitative estimate of drug-likeness (QED) is 0.281. The number of unbranched alkanes of at least 4 members (excludes halogenated alkanes) is 10. The van der Waals surface area contributed by atoms with Gasteiger partial charge in [0.2, 0.25) is 0 Å². The van der Waals surface area contributed by atoms with Gasteiger partial charge in [-0.3, -0.25) is 0 Å². The van der Waals surface area contributed by atoms with Crippen molar-refractivity contribution in [3.63, 3.8) is 0 Å². The molecule has 4 heteroatoms. The molecule has 0 amide bonds. The van der Waals surface area contributed by atoms with Crippen LogP contribution < -0.4 is 9.47 Å². The second-order valence-electron chi connectivity index (χ2n) is 8.06. The Labute approximate surface area is 182 Å². The molecule has 0 bridgehead atoms. The summed E-state index contributed by atoms with van der Waals surface area (Å²) in [6.45, 7) is 2.14. The van der Waals surface area contributed by atoms with E-state index < -0.39 is 0 Å². The number of ether oxygens (including phenoxy) is 2. The fourth-order valence-electron chi connectivity index (χ4n) is 3.60. The molecule has 2 aromatic rings. The lowest BCUT2D eigenvalue weighted by Crippen LogP contribution is -1.98. The standard InChI is InChI=1S/C26H40O4/c27-17-9-5-1-3-7-11-19-29-25-15-13-24-22-26(16-14-23(24)21-25)30-20-12-8-4-2-6-10-18-28/h13-16,21-22,27-28H,1-12,17-20H2. The van der Waals surface area contributed by atoms with Gasteiger partial charge in [-0.25, -0.2) is 0 Å². The van der Waals surface area contributed by atoms with E-state index in [0.717, 1.165) is 63.2 Å². The second kappa shape index (κ2) is 16.0. The molecule has 0 saturated carbocycles.